The molecule has 0 N–H and O–H groups in total. The van der Waals surface area contributed by atoms with Crippen LogP contribution in [0.3, 0.4) is 0 Å². The lowest BCUT2D eigenvalue weighted by Gasteiger charge is -2.15. The highest BCUT2D eigenvalue weighted by atomic mass is 19.3. The van der Waals surface area contributed by atoms with E-state index in [-0.39, 0.29) is 12.4 Å². The van der Waals surface area contributed by atoms with Gasteiger partial charge in [0.1, 0.15) is 11.7 Å². The minimum atomic E-state index is -2.84. The number of methoxy groups -OCH3 is 2. The van der Waals surface area contributed by atoms with E-state index >= 15 is 0 Å². The maximum Gasteiger partial charge on any atom is 0.319 e. The van der Waals surface area contributed by atoms with Gasteiger partial charge >= 0.3 is 5.97 Å². The van der Waals surface area contributed by atoms with Crippen molar-refractivity contribution in [2.75, 3.05) is 21.0 Å². The molecule has 2 rings (SSSR count). The zero-order chi connectivity index (χ0) is 16.1. The summed E-state index contributed by atoms with van der Waals surface area (Å²) in [6.45, 7) is 0.0903. The molecule has 0 aliphatic rings. The highest BCUT2D eigenvalue weighted by Gasteiger charge is 2.31. The molecule has 0 aliphatic heterocycles. The Balaban J connectivity index is 2.40. The Bertz CT molecular complexity index is 658. The Morgan fingerprint density at radius 3 is 2.45 bits per heavy atom. The predicted molar refractivity (Wildman–Crippen MR) is 77.2 cm³/mol. The maximum atomic E-state index is 13.1. The van der Waals surface area contributed by atoms with Gasteiger partial charge < -0.3 is 14.2 Å². The number of hydrogen-bond donors (Lipinski definition) is 0. The summed E-state index contributed by atoms with van der Waals surface area (Å²) in [5.41, 5.74) is 0.207. The minimum Gasteiger partial charge on any atom is -0.468 e. The average molecular weight is 310 g/mol. The Labute approximate surface area is 126 Å². The molecular weight excluding hydrogens is 294 g/mol. The van der Waals surface area contributed by atoms with E-state index in [9.17, 15) is 13.6 Å². The molecule has 0 saturated carbocycles. The van der Waals surface area contributed by atoms with Crippen LogP contribution in [0, 0.1) is 0 Å². The Morgan fingerprint density at radius 2 is 1.82 bits per heavy atom. The van der Waals surface area contributed by atoms with Gasteiger partial charge in [-0.15, -0.1) is 0 Å². The first-order valence-electron chi connectivity index (χ1n) is 6.58. The summed E-state index contributed by atoms with van der Waals surface area (Å²) >= 11 is 0. The number of carbonyl (C=O) groups excluding carboxylic acids is 1. The van der Waals surface area contributed by atoms with Crippen molar-refractivity contribution in [3.63, 3.8) is 0 Å². The summed E-state index contributed by atoms with van der Waals surface area (Å²) in [5.74, 6) is -2.00. The molecule has 0 aliphatic carbocycles. The van der Waals surface area contributed by atoms with Crippen LogP contribution in [0.5, 0.6) is 5.75 Å². The molecule has 0 radical (unpaired) electrons. The van der Waals surface area contributed by atoms with Gasteiger partial charge in [-0.2, -0.15) is 0 Å². The third kappa shape index (κ3) is 3.51. The summed E-state index contributed by atoms with van der Waals surface area (Å²) in [5, 5.41) is 1.55. The van der Waals surface area contributed by atoms with Crippen molar-refractivity contribution in [2.24, 2.45) is 0 Å². The predicted octanol–water partition coefficient (Wildman–Crippen LogP) is 3.34. The van der Waals surface area contributed by atoms with Gasteiger partial charge in [0.15, 0.2) is 6.79 Å². The summed E-state index contributed by atoms with van der Waals surface area (Å²) in [4.78, 5) is 11.6. The van der Waals surface area contributed by atoms with Gasteiger partial charge in [-0.05, 0) is 34.5 Å². The first-order valence-corrected chi connectivity index (χ1v) is 6.58. The summed E-state index contributed by atoms with van der Waals surface area (Å²) in [6.07, 6.45) is -2.84. The molecule has 0 aromatic heterocycles. The quantitative estimate of drug-likeness (QED) is 0.606. The van der Waals surface area contributed by atoms with Crippen molar-refractivity contribution < 1.29 is 27.8 Å². The summed E-state index contributed by atoms with van der Waals surface area (Å²) in [7, 11) is 2.60. The summed E-state index contributed by atoms with van der Waals surface area (Å²) in [6, 6.07) is 10.0. The van der Waals surface area contributed by atoms with E-state index in [1.54, 1.807) is 30.3 Å². The Morgan fingerprint density at radius 1 is 1.09 bits per heavy atom. The van der Waals surface area contributed by atoms with E-state index in [1.165, 1.54) is 13.2 Å². The van der Waals surface area contributed by atoms with Crippen LogP contribution in [0.25, 0.3) is 10.8 Å². The topological polar surface area (TPSA) is 44.8 Å². The van der Waals surface area contributed by atoms with Gasteiger partial charge in [0, 0.05) is 7.11 Å². The van der Waals surface area contributed by atoms with E-state index in [0.717, 1.165) is 12.5 Å². The lowest BCUT2D eigenvalue weighted by molar-refractivity contribution is -0.146. The van der Waals surface area contributed by atoms with Gasteiger partial charge in [0.05, 0.1) is 7.11 Å². The van der Waals surface area contributed by atoms with E-state index in [1.807, 2.05) is 0 Å². The molecule has 1 atom stereocenters. The van der Waals surface area contributed by atoms with Crippen LogP contribution >= 0.6 is 0 Å². The van der Waals surface area contributed by atoms with E-state index in [4.69, 9.17) is 9.47 Å². The number of benzene rings is 2. The fraction of sp³-hybridized carbons (Fsp3) is 0.312. The largest absolute Gasteiger partial charge is 0.468 e. The number of halogens is 2. The van der Waals surface area contributed by atoms with Crippen molar-refractivity contribution in [1.82, 2.24) is 0 Å². The highest BCUT2D eigenvalue weighted by molar-refractivity contribution is 5.87. The second kappa shape index (κ2) is 7.17. The fourth-order valence-electron chi connectivity index (χ4n) is 2.16. The van der Waals surface area contributed by atoms with Gasteiger partial charge in [-0.3, -0.25) is 4.79 Å². The monoisotopic (exact) mass is 310 g/mol. The molecule has 2 aromatic carbocycles. The summed E-state index contributed by atoms with van der Waals surface area (Å²) < 4.78 is 40.8. The molecule has 0 spiro atoms. The van der Waals surface area contributed by atoms with Crippen molar-refractivity contribution in [2.45, 2.75) is 12.3 Å². The van der Waals surface area contributed by atoms with Gasteiger partial charge in [0.2, 0.25) is 0 Å². The lowest BCUT2D eigenvalue weighted by Crippen LogP contribution is -2.21. The van der Waals surface area contributed by atoms with Crippen molar-refractivity contribution in [3.05, 3.63) is 42.0 Å². The van der Waals surface area contributed by atoms with Gasteiger partial charge in [-0.1, -0.05) is 18.2 Å². The molecular formula is C16H16F2O4. The zero-order valence-electron chi connectivity index (χ0n) is 12.2. The number of hydrogen-bond acceptors (Lipinski definition) is 4. The average Bonchev–Trinajstić information content (AvgIpc) is 2.52. The molecule has 22 heavy (non-hydrogen) atoms. The number of fused-ring (bicyclic) bond motifs is 1. The van der Waals surface area contributed by atoms with Crippen LogP contribution in [0.2, 0.25) is 0 Å². The number of alkyl halides is 2. The zero-order valence-corrected chi connectivity index (χ0v) is 12.2. The first kappa shape index (κ1) is 16.2. The van der Waals surface area contributed by atoms with Gasteiger partial charge in [-0.25, -0.2) is 8.78 Å². The third-order valence-corrected chi connectivity index (χ3v) is 3.25. The van der Waals surface area contributed by atoms with E-state index < -0.39 is 18.3 Å². The van der Waals surface area contributed by atoms with Crippen LogP contribution in [-0.2, 0) is 14.3 Å². The SMILES string of the molecule is COCOc1ccc2ccc(C(C(=O)OC)C(F)F)cc2c1. The standard InChI is InChI=1S/C16H16F2O4/c1-20-9-22-13-6-5-10-3-4-11(7-12(10)8-13)14(15(17)18)16(19)21-2/h3-8,14-15H,9H2,1-2H3. The molecule has 118 valence electrons. The molecule has 0 amide bonds. The lowest BCUT2D eigenvalue weighted by atomic mass is 9.96. The van der Waals surface area contributed by atoms with Gasteiger partial charge in [0.25, 0.3) is 6.43 Å². The molecule has 1 unspecified atom stereocenters. The molecule has 6 heteroatoms. The van der Waals surface area contributed by atoms with Crippen LogP contribution < -0.4 is 4.74 Å². The van der Waals surface area contributed by atoms with E-state index in [2.05, 4.69) is 4.74 Å². The van der Waals surface area contributed by atoms with Crippen molar-refractivity contribution >= 4 is 16.7 Å². The normalized spacial score (nSPS) is 12.4. The second-order valence-corrected chi connectivity index (χ2v) is 4.65. The van der Waals surface area contributed by atoms with Crippen LogP contribution in [0.1, 0.15) is 11.5 Å². The maximum absolute atomic E-state index is 13.1. The Kier molecular flexibility index (Phi) is 5.27. The fourth-order valence-corrected chi connectivity index (χ4v) is 2.16. The van der Waals surface area contributed by atoms with E-state index in [0.29, 0.717) is 11.1 Å². The van der Waals surface area contributed by atoms with Crippen LogP contribution in [-0.4, -0.2) is 33.4 Å². The molecule has 0 saturated heterocycles. The first-order chi connectivity index (χ1) is 10.6. The minimum absolute atomic E-state index is 0.0903. The number of esters is 1. The van der Waals surface area contributed by atoms with Crippen LogP contribution in [0.15, 0.2) is 36.4 Å². The smallest absolute Gasteiger partial charge is 0.319 e. The number of carbonyl (C=O) groups is 1. The molecule has 2 aromatic rings. The third-order valence-electron chi connectivity index (χ3n) is 3.25. The number of rotatable bonds is 6. The molecule has 0 fully saturated rings. The Hall–Kier alpha value is -2.21. The highest BCUT2D eigenvalue weighted by Crippen LogP contribution is 2.29. The van der Waals surface area contributed by atoms with Crippen LogP contribution in [0.4, 0.5) is 8.78 Å². The number of ether oxygens (including phenoxy) is 3. The van der Waals surface area contributed by atoms with Crippen molar-refractivity contribution in [3.8, 4) is 5.75 Å². The second-order valence-electron chi connectivity index (χ2n) is 4.65. The molecule has 0 heterocycles. The molecule has 4 nitrogen and oxygen atoms in total. The van der Waals surface area contributed by atoms with Crippen molar-refractivity contribution in [1.29, 1.82) is 0 Å². The molecule has 0 bridgehead atoms.